The monoisotopic (exact) mass is 237 g/mol. The minimum Gasteiger partial charge on any atom is -0.437 e. The number of alkyl halides is 2. The van der Waals surface area contributed by atoms with Crippen molar-refractivity contribution in [3.05, 3.63) is 42.2 Å². The fourth-order valence-corrected chi connectivity index (χ4v) is 1.21. The highest BCUT2D eigenvalue weighted by atomic mass is 19.3. The Morgan fingerprint density at radius 3 is 2.41 bits per heavy atom. The maximum atomic E-state index is 12.3. The number of benzene rings is 1. The highest BCUT2D eigenvalue weighted by molar-refractivity contribution is 5.32. The molecule has 4 nitrogen and oxygen atoms in total. The predicted octanol–water partition coefficient (Wildman–Crippen LogP) is 2.79. The summed E-state index contributed by atoms with van der Waals surface area (Å²) in [6.07, 6.45) is 0.278. The number of rotatable bonds is 3. The van der Waals surface area contributed by atoms with Crippen LogP contribution in [0.5, 0.6) is 11.6 Å². The smallest absolute Gasteiger partial charge is 0.263 e. The minimum absolute atomic E-state index is 0.0593. The molecule has 0 amide bonds. The van der Waals surface area contributed by atoms with Crippen LogP contribution in [-0.2, 0) is 0 Å². The number of nitrogens with two attached hydrogens (primary N) is 1. The van der Waals surface area contributed by atoms with Gasteiger partial charge in [0, 0.05) is 5.56 Å². The molecule has 2 aromatic rings. The van der Waals surface area contributed by atoms with E-state index in [0.29, 0.717) is 5.75 Å². The molecule has 88 valence electrons. The van der Waals surface area contributed by atoms with Gasteiger partial charge in [-0.2, -0.15) is 4.98 Å². The van der Waals surface area contributed by atoms with Crippen LogP contribution in [0.2, 0.25) is 0 Å². The number of aromatic nitrogens is 2. The first-order chi connectivity index (χ1) is 8.15. The topological polar surface area (TPSA) is 61.0 Å². The maximum Gasteiger partial charge on any atom is 0.263 e. The zero-order chi connectivity index (χ0) is 12.3. The molecule has 0 saturated heterocycles. The first-order valence-electron chi connectivity index (χ1n) is 4.78. The Kier molecular flexibility index (Phi) is 3.13. The van der Waals surface area contributed by atoms with Crippen molar-refractivity contribution in [1.82, 2.24) is 9.97 Å². The number of hydrogen-bond acceptors (Lipinski definition) is 4. The molecule has 0 aliphatic rings. The largest absolute Gasteiger partial charge is 0.437 e. The molecule has 0 saturated carbocycles. The fraction of sp³-hybridized carbons (Fsp3) is 0.0909. The molecule has 1 aromatic carbocycles. The molecular weight excluding hydrogens is 228 g/mol. The van der Waals surface area contributed by atoms with Crippen molar-refractivity contribution >= 4 is 5.82 Å². The van der Waals surface area contributed by atoms with E-state index in [-0.39, 0.29) is 17.3 Å². The van der Waals surface area contributed by atoms with Crippen LogP contribution in [0.25, 0.3) is 0 Å². The average Bonchev–Trinajstić information content (AvgIpc) is 2.29. The number of ether oxygens (including phenoxy) is 1. The lowest BCUT2D eigenvalue weighted by Crippen LogP contribution is -1.94. The van der Waals surface area contributed by atoms with Gasteiger partial charge < -0.3 is 10.5 Å². The Bertz CT molecular complexity index is 502. The van der Waals surface area contributed by atoms with Crippen LogP contribution >= 0.6 is 0 Å². The van der Waals surface area contributed by atoms with Crippen LogP contribution < -0.4 is 10.5 Å². The van der Waals surface area contributed by atoms with E-state index in [1.54, 1.807) is 0 Å². The number of hydrogen-bond donors (Lipinski definition) is 1. The number of nitrogens with zero attached hydrogens (tertiary/aromatic N) is 2. The molecule has 0 fully saturated rings. The van der Waals surface area contributed by atoms with Crippen molar-refractivity contribution < 1.29 is 13.5 Å². The molecule has 17 heavy (non-hydrogen) atoms. The van der Waals surface area contributed by atoms with Gasteiger partial charge in [-0.3, -0.25) is 4.98 Å². The number of nitrogen functional groups attached to an aromatic ring is 1. The van der Waals surface area contributed by atoms with Gasteiger partial charge in [-0.25, -0.2) is 8.78 Å². The van der Waals surface area contributed by atoms with Crippen LogP contribution in [-0.4, -0.2) is 9.97 Å². The van der Waals surface area contributed by atoms with Crippen LogP contribution in [0.15, 0.2) is 36.7 Å². The lowest BCUT2D eigenvalue weighted by molar-refractivity contribution is 0.151. The molecule has 0 atom stereocenters. The Labute approximate surface area is 96.1 Å². The Hall–Kier alpha value is -2.24. The highest BCUT2D eigenvalue weighted by Crippen LogP contribution is 2.24. The van der Waals surface area contributed by atoms with Gasteiger partial charge in [-0.15, -0.1) is 0 Å². The van der Waals surface area contributed by atoms with Gasteiger partial charge in [-0.05, 0) is 24.3 Å². The molecule has 0 radical (unpaired) electrons. The highest BCUT2D eigenvalue weighted by Gasteiger charge is 2.06. The van der Waals surface area contributed by atoms with E-state index in [1.165, 1.54) is 36.7 Å². The van der Waals surface area contributed by atoms with E-state index < -0.39 is 6.43 Å². The average molecular weight is 237 g/mol. The first-order valence-corrected chi connectivity index (χ1v) is 4.78. The van der Waals surface area contributed by atoms with Crippen molar-refractivity contribution in [1.29, 1.82) is 0 Å². The summed E-state index contributed by atoms with van der Waals surface area (Å²) in [6, 6.07) is 5.46. The zero-order valence-corrected chi connectivity index (χ0v) is 8.68. The quantitative estimate of drug-likeness (QED) is 0.891. The van der Waals surface area contributed by atoms with Crippen LogP contribution in [0.4, 0.5) is 14.6 Å². The first kappa shape index (κ1) is 11.3. The van der Waals surface area contributed by atoms with Crippen molar-refractivity contribution in [3.63, 3.8) is 0 Å². The molecular formula is C11H9F2N3O. The van der Waals surface area contributed by atoms with Gasteiger partial charge in [-0.1, -0.05) is 0 Å². The fourth-order valence-electron chi connectivity index (χ4n) is 1.21. The van der Waals surface area contributed by atoms with E-state index in [4.69, 9.17) is 10.5 Å². The summed E-state index contributed by atoms with van der Waals surface area (Å²) in [7, 11) is 0. The number of halogens is 2. The summed E-state index contributed by atoms with van der Waals surface area (Å²) in [5, 5.41) is 0. The lowest BCUT2D eigenvalue weighted by atomic mass is 10.2. The second kappa shape index (κ2) is 4.73. The van der Waals surface area contributed by atoms with Gasteiger partial charge in [0.25, 0.3) is 6.43 Å². The van der Waals surface area contributed by atoms with Gasteiger partial charge in [0.15, 0.2) is 0 Å². The SMILES string of the molecule is Nc1cncc(Oc2ccc(C(F)F)cc2)n1. The molecule has 1 heterocycles. The number of anilines is 1. The van der Waals surface area contributed by atoms with E-state index in [0.717, 1.165) is 0 Å². The van der Waals surface area contributed by atoms with E-state index in [1.807, 2.05) is 0 Å². The maximum absolute atomic E-state index is 12.3. The molecule has 2 rings (SSSR count). The van der Waals surface area contributed by atoms with Gasteiger partial charge in [0.05, 0.1) is 12.4 Å². The molecule has 0 bridgehead atoms. The summed E-state index contributed by atoms with van der Waals surface area (Å²) < 4.78 is 29.9. The van der Waals surface area contributed by atoms with Crippen molar-refractivity contribution in [2.24, 2.45) is 0 Å². The van der Waals surface area contributed by atoms with Gasteiger partial charge >= 0.3 is 0 Å². The zero-order valence-electron chi connectivity index (χ0n) is 8.68. The molecule has 1 aromatic heterocycles. The molecule has 6 heteroatoms. The Balaban J connectivity index is 2.14. The van der Waals surface area contributed by atoms with Crippen molar-refractivity contribution in [3.8, 4) is 11.6 Å². The Morgan fingerprint density at radius 2 is 1.82 bits per heavy atom. The van der Waals surface area contributed by atoms with Crippen molar-refractivity contribution in [2.75, 3.05) is 5.73 Å². The second-order valence-corrected chi connectivity index (χ2v) is 3.25. The third-order valence-corrected chi connectivity index (χ3v) is 1.99. The molecule has 0 spiro atoms. The normalized spacial score (nSPS) is 10.5. The second-order valence-electron chi connectivity index (χ2n) is 3.25. The predicted molar refractivity (Wildman–Crippen MR) is 57.9 cm³/mol. The van der Waals surface area contributed by atoms with E-state index in [2.05, 4.69) is 9.97 Å². The van der Waals surface area contributed by atoms with Gasteiger partial charge in [0.1, 0.15) is 11.6 Å². The van der Waals surface area contributed by atoms with E-state index in [9.17, 15) is 8.78 Å². The molecule has 2 N–H and O–H groups in total. The van der Waals surface area contributed by atoms with E-state index >= 15 is 0 Å². The lowest BCUT2D eigenvalue weighted by Gasteiger charge is -2.05. The third kappa shape index (κ3) is 2.87. The molecule has 0 aliphatic heterocycles. The van der Waals surface area contributed by atoms with Crippen LogP contribution in [0.3, 0.4) is 0 Å². The molecule has 0 unspecified atom stereocenters. The summed E-state index contributed by atoms with van der Waals surface area (Å²) in [4.78, 5) is 7.66. The standard InChI is InChI=1S/C11H9F2N3O/c12-11(13)7-1-3-8(4-2-7)17-10-6-15-5-9(14)16-10/h1-6,11H,(H2,14,16). The summed E-state index contributed by atoms with van der Waals surface area (Å²) >= 11 is 0. The van der Waals surface area contributed by atoms with Gasteiger partial charge in [0.2, 0.25) is 5.88 Å². The van der Waals surface area contributed by atoms with Crippen LogP contribution in [0, 0.1) is 0 Å². The third-order valence-electron chi connectivity index (χ3n) is 1.99. The minimum atomic E-state index is -2.49. The molecule has 0 aliphatic carbocycles. The van der Waals surface area contributed by atoms with Crippen LogP contribution in [0.1, 0.15) is 12.0 Å². The van der Waals surface area contributed by atoms with Crippen molar-refractivity contribution in [2.45, 2.75) is 6.43 Å². The summed E-state index contributed by atoms with van der Waals surface area (Å²) in [5.74, 6) is 0.843. The Morgan fingerprint density at radius 1 is 1.12 bits per heavy atom. The summed E-state index contributed by atoms with van der Waals surface area (Å²) in [5.41, 5.74) is 5.36. The summed E-state index contributed by atoms with van der Waals surface area (Å²) in [6.45, 7) is 0.